The molecule has 0 amide bonds. The fraction of sp³-hybridized carbons (Fsp3) is 0.500. The van der Waals surface area contributed by atoms with E-state index < -0.39 is 0 Å². The topological polar surface area (TPSA) is 30.0 Å². The molecule has 0 unspecified atom stereocenters. The van der Waals surface area contributed by atoms with E-state index in [9.17, 15) is 4.79 Å². The van der Waals surface area contributed by atoms with Gasteiger partial charge in [-0.1, -0.05) is 18.5 Å². The van der Waals surface area contributed by atoms with Crippen LogP contribution in [0, 0.1) is 0 Å². The van der Waals surface area contributed by atoms with Gasteiger partial charge in [0.25, 0.3) is 0 Å². The number of rotatable bonds is 1. The lowest BCUT2D eigenvalue weighted by molar-refractivity contribution is -0.121. The van der Waals surface area contributed by atoms with Crippen LogP contribution in [0.2, 0.25) is 5.02 Å². The van der Waals surface area contributed by atoms with Gasteiger partial charge in [0.15, 0.2) is 0 Å². The Morgan fingerprint density at radius 3 is 2.67 bits per heavy atom. The van der Waals surface area contributed by atoms with Crippen LogP contribution >= 0.6 is 11.6 Å². The molecule has 0 aromatic carbocycles. The van der Waals surface area contributed by atoms with Crippen LogP contribution in [0.15, 0.2) is 18.3 Å². The highest BCUT2D eigenvalue weighted by Crippen LogP contribution is 2.39. The van der Waals surface area contributed by atoms with Crippen molar-refractivity contribution in [1.82, 2.24) is 4.98 Å². The van der Waals surface area contributed by atoms with Crippen LogP contribution in [-0.2, 0) is 10.2 Å². The van der Waals surface area contributed by atoms with Crippen molar-refractivity contribution in [2.45, 2.75) is 38.0 Å². The molecule has 80 valence electrons. The minimum Gasteiger partial charge on any atom is -0.300 e. The van der Waals surface area contributed by atoms with E-state index in [0.29, 0.717) is 23.6 Å². The van der Waals surface area contributed by atoms with Gasteiger partial charge in [0.2, 0.25) is 0 Å². The third-order valence-electron chi connectivity index (χ3n) is 3.24. The maximum absolute atomic E-state index is 11.2. The summed E-state index contributed by atoms with van der Waals surface area (Å²) >= 11 is 6.14. The van der Waals surface area contributed by atoms with Gasteiger partial charge in [-0.2, -0.15) is 0 Å². The molecule has 0 bridgehead atoms. The highest BCUT2D eigenvalue weighted by molar-refractivity contribution is 6.31. The maximum atomic E-state index is 11.2. The normalized spacial score (nSPS) is 20.3. The first-order chi connectivity index (χ1) is 7.12. The maximum Gasteiger partial charge on any atom is 0.132 e. The van der Waals surface area contributed by atoms with E-state index in [-0.39, 0.29) is 5.41 Å². The Balaban J connectivity index is 2.30. The molecule has 0 aliphatic heterocycles. The predicted molar refractivity (Wildman–Crippen MR) is 60.1 cm³/mol. The van der Waals surface area contributed by atoms with Crippen LogP contribution in [0.1, 0.15) is 38.3 Å². The summed E-state index contributed by atoms with van der Waals surface area (Å²) in [5.41, 5.74) is 0.922. The molecule has 0 atom stereocenters. The lowest BCUT2D eigenvalue weighted by Gasteiger charge is -2.32. The number of aromatic nitrogens is 1. The molecular formula is C12H14ClNO. The van der Waals surface area contributed by atoms with Crippen LogP contribution in [0.3, 0.4) is 0 Å². The number of ketones is 1. The quantitative estimate of drug-likeness (QED) is 0.732. The van der Waals surface area contributed by atoms with Crippen LogP contribution in [0.5, 0.6) is 0 Å². The smallest absolute Gasteiger partial charge is 0.132 e. The largest absolute Gasteiger partial charge is 0.300 e. The van der Waals surface area contributed by atoms with Crippen molar-refractivity contribution in [2.24, 2.45) is 0 Å². The number of Topliss-reactive ketones (excluding diaryl/α,β-unsaturated/α-hetero) is 1. The van der Waals surface area contributed by atoms with E-state index in [2.05, 4.69) is 11.9 Å². The van der Waals surface area contributed by atoms with E-state index >= 15 is 0 Å². The predicted octanol–water partition coefficient (Wildman–Crippen LogP) is 3.14. The van der Waals surface area contributed by atoms with Gasteiger partial charge < -0.3 is 0 Å². The molecule has 2 nitrogen and oxygen atoms in total. The lowest BCUT2D eigenvalue weighted by Crippen LogP contribution is -2.29. The standard InChI is InChI=1S/C12H14ClNO/c1-12(6-4-9(15)5-7-12)11-10(13)3-2-8-14-11/h2-3,8H,4-7H2,1H3. The number of halogens is 1. The first-order valence-corrected chi connectivity index (χ1v) is 5.62. The zero-order chi connectivity index (χ0) is 10.9. The molecule has 1 heterocycles. The molecule has 2 rings (SSSR count). The van der Waals surface area contributed by atoms with Gasteiger partial charge in [-0.15, -0.1) is 0 Å². The molecule has 1 aliphatic carbocycles. The zero-order valence-electron chi connectivity index (χ0n) is 8.79. The molecule has 1 aromatic heterocycles. The van der Waals surface area contributed by atoms with Gasteiger partial charge in [0, 0.05) is 24.5 Å². The van der Waals surface area contributed by atoms with Crippen molar-refractivity contribution in [3.05, 3.63) is 29.0 Å². The third-order valence-corrected chi connectivity index (χ3v) is 3.55. The second-order valence-electron chi connectivity index (χ2n) is 4.43. The van der Waals surface area contributed by atoms with Crippen molar-refractivity contribution < 1.29 is 4.79 Å². The fourth-order valence-electron chi connectivity index (χ4n) is 2.15. The summed E-state index contributed by atoms with van der Waals surface area (Å²) in [4.78, 5) is 15.6. The van der Waals surface area contributed by atoms with E-state index in [0.717, 1.165) is 18.5 Å². The summed E-state index contributed by atoms with van der Waals surface area (Å²) in [6, 6.07) is 3.70. The lowest BCUT2D eigenvalue weighted by atomic mass is 9.73. The minimum atomic E-state index is -0.0216. The average Bonchev–Trinajstić information content (AvgIpc) is 2.23. The summed E-state index contributed by atoms with van der Waals surface area (Å²) in [5.74, 6) is 0.361. The monoisotopic (exact) mass is 223 g/mol. The molecule has 3 heteroatoms. The summed E-state index contributed by atoms with van der Waals surface area (Å²) in [6.45, 7) is 2.15. The Morgan fingerprint density at radius 2 is 2.07 bits per heavy atom. The zero-order valence-corrected chi connectivity index (χ0v) is 9.55. The van der Waals surface area contributed by atoms with Crippen LogP contribution in [0.4, 0.5) is 0 Å². The van der Waals surface area contributed by atoms with E-state index in [4.69, 9.17) is 11.6 Å². The molecule has 1 aromatic rings. The van der Waals surface area contributed by atoms with Gasteiger partial charge in [0.05, 0.1) is 10.7 Å². The molecule has 1 saturated carbocycles. The summed E-state index contributed by atoms with van der Waals surface area (Å²) < 4.78 is 0. The number of carbonyl (C=O) groups is 1. The second kappa shape index (κ2) is 3.93. The molecule has 15 heavy (non-hydrogen) atoms. The van der Waals surface area contributed by atoms with Crippen LogP contribution < -0.4 is 0 Å². The Kier molecular flexibility index (Phi) is 2.79. The molecule has 0 radical (unpaired) electrons. The van der Waals surface area contributed by atoms with Crippen LogP contribution in [-0.4, -0.2) is 10.8 Å². The number of carbonyl (C=O) groups excluding carboxylic acids is 1. The van der Waals surface area contributed by atoms with Gasteiger partial charge in [0.1, 0.15) is 5.78 Å². The van der Waals surface area contributed by atoms with Gasteiger partial charge >= 0.3 is 0 Å². The Bertz CT molecular complexity index is 379. The van der Waals surface area contributed by atoms with Crippen molar-refractivity contribution in [2.75, 3.05) is 0 Å². The molecule has 0 N–H and O–H groups in total. The van der Waals surface area contributed by atoms with Gasteiger partial charge in [-0.3, -0.25) is 9.78 Å². The van der Waals surface area contributed by atoms with E-state index in [1.807, 2.05) is 12.1 Å². The number of nitrogens with zero attached hydrogens (tertiary/aromatic N) is 1. The molecule has 0 saturated heterocycles. The van der Waals surface area contributed by atoms with Crippen molar-refractivity contribution >= 4 is 17.4 Å². The van der Waals surface area contributed by atoms with Gasteiger partial charge in [-0.25, -0.2) is 0 Å². The number of hydrogen-bond donors (Lipinski definition) is 0. The average molecular weight is 224 g/mol. The van der Waals surface area contributed by atoms with Crippen molar-refractivity contribution in [1.29, 1.82) is 0 Å². The summed E-state index contributed by atoms with van der Waals surface area (Å²) in [7, 11) is 0. The number of pyridine rings is 1. The van der Waals surface area contributed by atoms with E-state index in [1.165, 1.54) is 0 Å². The second-order valence-corrected chi connectivity index (χ2v) is 4.84. The highest BCUT2D eigenvalue weighted by Gasteiger charge is 2.34. The van der Waals surface area contributed by atoms with Gasteiger partial charge in [-0.05, 0) is 25.0 Å². The fourth-order valence-corrected chi connectivity index (χ4v) is 2.50. The Morgan fingerprint density at radius 1 is 1.40 bits per heavy atom. The summed E-state index contributed by atoms with van der Waals surface area (Å²) in [6.07, 6.45) is 4.81. The van der Waals surface area contributed by atoms with Crippen LogP contribution in [0.25, 0.3) is 0 Å². The third kappa shape index (κ3) is 2.05. The Labute approximate surface area is 94.7 Å². The summed E-state index contributed by atoms with van der Waals surface area (Å²) in [5, 5.41) is 0.717. The van der Waals surface area contributed by atoms with Crippen molar-refractivity contribution in [3.8, 4) is 0 Å². The minimum absolute atomic E-state index is 0.0216. The SMILES string of the molecule is CC1(c2ncccc2Cl)CCC(=O)CC1. The molecule has 1 aliphatic rings. The first kappa shape index (κ1) is 10.6. The highest BCUT2D eigenvalue weighted by atomic mass is 35.5. The van der Waals surface area contributed by atoms with E-state index in [1.54, 1.807) is 6.20 Å². The molecular weight excluding hydrogens is 210 g/mol. The first-order valence-electron chi connectivity index (χ1n) is 5.24. The van der Waals surface area contributed by atoms with Crippen molar-refractivity contribution in [3.63, 3.8) is 0 Å². The number of hydrogen-bond acceptors (Lipinski definition) is 2. The Hall–Kier alpha value is -0.890. The molecule has 0 spiro atoms. The molecule has 1 fully saturated rings.